The number of hydrogen-bond acceptors (Lipinski definition) is 4. The molecular formula is C27H34N2O5. The van der Waals surface area contributed by atoms with Gasteiger partial charge in [-0.25, -0.2) is 0 Å². The van der Waals surface area contributed by atoms with Crippen LogP contribution in [0, 0.1) is 6.92 Å². The van der Waals surface area contributed by atoms with Crippen molar-refractivity contribution < 1.29 is 24.2 Å². The Hall–Kier alpha value is -3.35. The molecule has 1 aliphatic heterocycles. The van der Waals surface area contributed by atoms with Crippen molar-refractivity contribution in [3.63, 3.8) is 0 Å². The van der Waals surface area contributed by atoms with Crippen LogP contribution in [-0.4, -0.2) is 48.0 Å². The molecule has 182 valence electrons. The molecule has 0 radical (unpaired) electrons. The second kappa shape index (κ2) is 10.7. The number of aryl methyl sites for hydroxylation is 1. The van der Waals surface area contributed by atoms with Crippen molar-refractivity contribution in [1.82, 2.24) is 4.90 Å². The van der Waals surface area contributed by atoms with Crippen LogP contribution in [0.4, 0.5) is 5.69 Å². The molecule has 0 saturated carbocycles. The Kier molecular flexibility index (Phi) is 7.97. The largest absolute Gasteiger partial charge is 0.495 e. The van der Waals surface area contributed by atoms with E-state index in [0.717, 1.165) is 16.7 Å². The first-order valence-corrected chi connectivity index (χ1v) is 11.7. The minimum atomic E-state index is -0.989. The highest BCUT2D eigenvalue weighted by Crippen LogP contribution is 2.41. The number of ether oxygens (including phenoxy) is 1. The number of carbonyl (C=O) groups is 3. The van der Waals surface area contributed by atoms with Gasteiger partial charge in [0.15, 0.2) is 0 Å². The molecule has 0 atom stereocenters. The Morgan fingerprint density at radius 3 is 2.38 bits per heavy atom. The zero-order chi connectivity index (χ0) is 24.9. The van der Waals surface area contributed by atoms with Gasteiger partial charge >= 0.3 is 5.97 Å². The third-order valence-corrected chi connectivity index (χ3v) is 6.66. The zero-order valence-corrected chi connectivity index (χ0v) is 20.4. The van der Waals surface area contributed by atoms with E-state index in [1.807, 2.05) is 43.3 Å². The van der Waals surface area contributed by atoms with Gasteiger partial charge in [0.25, 0.3) is 0 Å². The number of nitrogens with zero attached hydrogens (tertiary/aromatic N) is 1. The van der Waals surface area contributed by atoms with Gasteiger partial charge in [-0.05, 0) is 54.5 Å². The second-order valence-electron chi connectivity index (χ2n) is 9.26. The third kappa shape index (κ3) is 5.41. The van der Waals surface area contributed by atoms with Crippen LogP contribution in [-0.2, 0) is 19.8 Å². The molecule has 1 saturated heterocycles. The van der Waals surface area contributed by atoms with E-state index in [4.69, 9.17) is 9.84 Å². The maximum absolute atomic E-state index is 14.0. The zero-order valence-electron chi connectivity index (χ0n) is 20.4. The number of anilines is 1. The highest BCUT2D eigenvalue weighted by atomic mass is 16.5. The average molecular weight is 467 g/mol. The Morgan fingerprint density at radius 2 is 1.76 bits per heavy atom. The van der Waals surface area contributed by atoms with E-state index >= 15 is 0 Å². The highest BCUT2D eigenvalue weighted by Gasteiger charge is 2.45. The van der Waals surface area contributed by atoms with Crippen LogP contribution in [0.3, 0.4) is 0 Å². The lowest BCUT2D eigenvalue weighted by Crippen LogP contribution is -2.51. The van der Waals surface area contributed by atoms with Gasteiger partial charge in [0.05, 0.1) is 24.6 Å². The minimum absolute atomic E-state index is 0.0301. The molecule has 7 nitrogen and oxygen atoms in total. The summed E-state index contributed by atoms with van der Waals surface area (Å²) in [5, 5.41) is 12.0. The molecule has 0 aromatic heterocycles. The first-order chi connectivity index (χ1) is 16.2. The first-order valence-electron chi connectivity index (χ1n) is 11.7. The highest BCUT2D eigenvalue weighted by molar-refractivity contribution is 6.00. The van der Waals surface area contributed by atoms with Crippen LogP contribution in [0.2, 0.25) is 0 Å². The fraction of sp³-hybridized carbons (Fsp3) is 0.444. The lowest BCUT2D eigenvalue weighted by Gasteiger charge is -2.42. The molecule has 0 aliphatic carbocycles. The topological polar surface area (TPSA) is 95.9 Å². The molecule has 2 amide bonds. The van der Waals surface area contributed by atoms with Gasteiger partial charge in [-0.3, -0.25) is 14.4 Å². The van der Waals surface area contributed by atoms with E-state index in [2.05, 4.69) is 25.2 Å². The number of carboxylic acids is 1. The van der Waals surface area contributed by atoms with E-state index < -0.39 is 11.4 Å². The van der Waals surface area contributed by atoms with Gasteiger partial charge in [0.1, 0.15) is 5.75 Å². The Morgan fingerprint density at radius 1 is 1.09 bits per heavy atom. The smallest absolute Gasteiger partial charge is 0.303 e. The number of likely N-dealkylation sites (tertiary alicyclic amines) is 1. The Bertz CT molecular complexity index is 1050. The number of carboxylic acid groups (broad SMARTS) is 1. The summed E-state index contributed by atoms with van der Waals surface area (Å²) in [6.07, 6.45) is 0.688. The van der Waals surface area contributed by atoms with Crippen molar-refractivity contribution >= 4 is 23.5 Å². The van der Waals surface area contributed by atoms with Crippen LogP contribution in [0.1, 0.15) is 62.1 Å². The monoisotopic (exact) mass is 466 g/mol. The van der Waals surface area contributed by atoms with Gasteiger partial charge in [0, 0.05) is 19.5 Å². The molecule has 2 N–H and O–H groups in total. The summed E-state index contributed by atoms with van der Waals surface area (Å²) in [5.41, 5.74) is 2.91. The quantitative estimate of drug-likeness (QED) is 0.598. The SMILES string of the molecule is COc1cc(C)ccc1NC(=O)C1(c2ccccc2C(C)C)CCN(C(=O)CCC(=O)O)CC1. The summed E-state index contributed by atoms with van der Waals surface area (Å²) < 4.78 is 5.49. The lowest BCUT2D eigenvalue weighted by molar-refractivity contribution is -0.141. The number of methoxy groups -OCH3 is 1. The van der Waals surface area contributed by atoms with E-state index in [9.17, 15) is 14.4 Å². The maximum Gasteiger partial charge on any atom is 0.303 e. The number of amides is 2. The van der Waals surface area contributed by atoms with Gasteiger partial charge in [-0.2, -0.15) is 0 Å². The first kappa shape index (κ1) is 25.3. The van der Waals surface area contributed by atoms with Gasteiger partial charge in [-0.1, -0.05) is 44.2 Å². The van der Waals surface area contributed by atoms with Crippen LogP contribution in [0.5, 0.6) is 5.75 Å². The molecule has 0 spiro atoms. The fourth-order valence-electron chi connectivity index (χ4n) is 4.71. The molecule has 3 rings (SSSR count). The van der Waals surface area contributed by atoms with Crippen LogP contribution < -0.4 is 10.1 Å². The van der Waals surface area contributed by atoms with Gasteiger partial charge in [-0.15, -0.1) is 0 Å². The number of hydrogen-bond donors (Lipinski definition) is 2. The van der Waals surface area contributed by atoms with Crippen molar-refractivity contribution in [3.05, 3.63) is 59.2 Å². The number of piperidine rings is 1. The molecular weight excluding hydrogens is 432 g/mol. The summed E-state index contributed by atoms with van der Waals surface area (Å²) in [5.74, 6) is -0.474. The number of aliphatic carboxylic acids is 1. The molecule has 0 unspecified atom stereocenters. The normalized spacial score (nSPS) is 15.1. The third-order valence-electron chi connectivity index (χ3n) is 6.66. The Labute approximate surface area is 201 Å². The fourth-order valence-corrected chi connectivity index (χ4v) is 4.71. The van der Waals surface area contributed by atoms with Gasteiger partial charge < -0.3 is 20.1 Å². The molecule has 2 aromatic rings. The summed E-state index contributed by atoms with van der Waals surface area (Å²) in [4.78, 5) is 39.1. The summed E-state index contributed by atoms with van der Waals surface area (Å²) in [6.45, 7) is 6.97. The standard InChI is InChI=1S/C27H34N2O5/c1-18(2)20-7-5-6-8-21(20)27(13-15-29(16-14-27)24(30)11-12-25(31)32)26(33)28-22-10-9-19(3)17-23(22)34-4/h5-10,17-18H,11-16H2,1-4H3,(H,28,33)(H,31,32). The molecule has 2 aromatic carbocycles. The van der Waals surface area contributed by atoms with Gasteiger partial charge in [0.2, 0.25) is 11.8 Å². The van der Waals surface area contributed by atoms with E-state index in [0.29, 0.717) is 37.4 Å². The van der Waals surface area contributed by atoms with Crippen LogP contribution >= 0.6 is 0 Å². The number of benzene rings is 2. The summed E-state index contributed by atoms with van der Waals surface area (Å²) in [7, 11) is 1.58. The van der Waals surface area contributed by atoms with Crippen molar-refractivity contribution in [2.75, 3.05) is 25.5 Å². The number of nitrogens with one attached hydrogen (secondary N) is 1. The molecule has 1 aliphatic rings. The lowest BCUT2D eigenvalue weighted by atomic mass is 9.69. The van der Waals surface area contributed by atoms with Crippen LogP contribution in [0.25, 0.3) is 0 Å². The summed E-state index contributed by atoms with van der Waals surface area (Å²) in [6, 6.07) is 13.7. The molecule has 7 heteroatoms. The maximum atomic E-state index is 14.0. The van der Waals surface area contributed by atoms with Crippen molar-refractivity contribution in [3.8, 4) is 5.75 Å². The molecule has 0 bridgehead atoms. The molecule has 1 heterocycles. The predicted octanol–water partition coefficient (Wildman–Crippen LogP) is 4.49. The Balaban J connectivity index is 1.94. The molecule has 34 heavy (non-hydrogen) atoms. The second-order valence-corrected chi connectivity index (χ2v) is 9.26. The van der Waals surface area contributed by atoms with Crippen molar-refractivity contribution in [2.24, 2.45) is 0 Å². The minimum Gasteiger partial charge on any atom is -0.495 e. The molecule has 1 fully saturated rings. The van der Waals surface area contributed by atoms with Crippen molar-refractivity contribution in [1.29, 1.82) is 0 Å². The number of rotatable bonds is 8. The van der Waals surface area contributed by atoms with Crippen molar-refractivity contribution in [2.45, 2.75) is 57.8 Å². The van der Waals surface area contributed by atoms with E-state index in [1.54, 1.807) is 12.0 Å². The summed E-state index contributed by atoms with van der Waals surface area (Å²) >= 11 is 0. The average Bonchev–Trinajstić information content (AvgIpc) is 2.83. The number of carbonyl (C=O) groups excluding carboxylic acids is 2. The van der Waals surface area contributed by atoms with E-state index in [1.165, 1.54) is 0 Å². The van der Waals surface area contributed by atoms with Crippen LogP contribution in [0.15, 0.2) is 42.5 Å². The van der Waals surface area contributed by atoms with E-state index in [-0.39, 0.29) is 30.6 Å². The predicted molar refractivity (Wildman–Crippen MR) is 131 cm³/mol.